The number of hydrogen-bond donors (Lipinski definition) is 2. The summed E-state index contributed by atoms with van der Waals surface area (Å²) in [6.07, 6.45) is 1.06. The molecule has 0 aliphatic carbocycles. The topological polar surface area (TPSA) is 58.4 Å². The predicted molar refractivity (Wildman–Crippen MR) is 87.9 cm³/mol. The number of nitrogens with one attached hydrogen (secondary N) is 1. The normalized spacial score (nSPS) is 13.9. The van der Waals surface area contributed by atoms with Gasteiger partial charge in [0.25, 0.3) is 5.91 Å². The van der Waals surface area contributed by atoms with Crippen molar-refractivity contribution in [2.75, 3.05) is 23.7 Å². The molecule has 2 heterocycles. The zero-order chi connectivity index (χ0) is 14.8. The highest BCUT2D eigenvalue weighted by molar-refractivity contribution is 7.10. The first-order valence-electron chi connectivity index (χ1n) is 7.17. The summed E-state index contributed by atoms with van der Waals surface area (Å²) in [6.45, 7) is 4.39. The number of amides is 1. The molecule has 1 aromatic heterocycles. The molecule has 3 rings (SSSR count). The first kappa shape index (κ1) is 13.9. The lowest BCUT2D eigenvalue weighted by atomic mass is 10.1. The molecule has 1 aliphatic heterocycles. The maximum Gasteiger partial charge on any atom is 0.251 e. The van der Waals surface area contributed by atoms with Gasteiger partial charge in [0.15, 0.2) is 0 Å². The molecule has 0 radical (unpaired) electrons. The molecule has 0 spiro atoms. The van der Waals surface area contributed by atoms with E-state index < -0.39 is 0 Å². The minimum Gasteiger partial charge on any atom is -0.397 e. The number of hydrogen-bond acceptors (Lipinski definition) is 4. The lowest BCUT2D eigenvalue weighted by molar-refractivity contribution is 0.0956. The highest BCUT2D eigenvalue weighted by atomic mass is 32.1. The summed E-state index contributed by atoms with van der Waals surface area (Å²) in [5.74, 6) is -0.0745. The minimum atomic E-state index is -0.0745. The number of carbonyl (C=O) groups is 1. The van der Waals surface area contributed by atoms with Crippen molar-refractivity contribution in [2.45, 2.75) is 19.9 Å². The third kappa shape index (κ3) is 2.74. The summed E-state index contributed by atoms with van der Waals surface area (Å²) in [7, 11) is 0. The van der Waals surface area contributed by atoms with E-state index in [2.05, 4.69) is 21.7 Å². The molecule has 21 heavy (non-hydrogen) atoms. The summed E-state index contributed by atoms with van der Waals surface area (Å²) < 4.78 is 0. The molecule has 5 heteroatoms. The van der Waals surface area contributed by atoms with Gasteiger partial charge in [-0.3, -0.25) is 4.79 Å². The lowest BCUT2D eigenvalue weighted by Gasteiger charge is -2.30. The fraction of sp³-hybridized carbons (Fsp3) is 0.312. The van der Waals surface area contributed by atoms with Crippen molar-refractivity contribution in [2.24, 2.45) is 0 Å². The second-order valence-corrected chi connectivity index (χ2v) is 6.17. The van der Waals surface area contributed by atoms with Gasteiger partial charge in [-0.15, -0.1) is 11.3 Å². The predicted octanol–water partition coefficient (Wildman–Crippen LogP) is 2.64. The van der Waals surface area contributed by atoms with Crippen molar-refractivity contribution < 1.29 is 4.79 Å². The van der Waals surface area contributed by atoms with Crippen molar-refractivity contribution in [1.29, 1.82) is 0 Å². The van der Waals surface area contributed by atoms with Gasteiger partial charge < -0.3 is 16.0 Å². The summed E-state index contributed by atoms with van der Waals surface area (Å²) >= 11 is 1.83. The van der Waals surface area contributed by atoms with Crippen LogP contribution in [0.4, 0.5) is 11.4 Å². The molecular formula is C16H19N3OS. The highest BCUT2D eigenvalue weighted by Crippen LogP contribution is 2.31. The second-order valence-electron chi connectivity index (χ2n) is 5.17. The standard InChI is InChI=1S/C16H19N3OS/c1-2-18-16(20)11-3-4-14(13(17)9-11)19-7-5-15-12(10-19)6-8-21-15/h3-4,6,8-9H,2,5,7,10,17H2,1H3,(H,18,20). The number of rotatable bonds is 3. The quantitative estimate of drug-likeness (QED) is 0.857. The number of benzene rings is 1. The number of anilines is 2. The first-order chi connectivity index (χ1) is 10.2. The number of carbonyl (C=O) groups excluding carboxylic acids is 1. The molecule has 0 atom stereocenters. The van der Waals surface area contributed by atoms with E-state index in [4.69, 9.17) is 5.73 Å². The van der Waals surface area contributed by atoms with E-state index in [1.165, 1.54) is 10.4 Å². The summed E-state index contributed by atoms with van der Waals surface area (Å²) in [6, 6.07) is 7.76. The average molecular weight is 301 g/mol. The van der Waals surface area contributed by atoms with Gasteiger partial charge in [-0.1, -0.05) is 0 Å². The molecule has 0 fully saturated rings. The smallest absolute Gasteiger partial charge is 0.251 e. The molecule has 4 nitrogen and oxygen atoms in total. The molecule has 110 valence electrons. The van der Waals surface area contributed by atoms with Gasteiger partial charge in [-0.2, -0.15) is 0 Å². The number of nitrogens with two attached hydrogens (primary N) is 1. The average Bonchev–Trinajstić information content (AvgIpc) is 2.94. The molecule has 0 saturated carbocycles. The van der Waals surface area contributed by atoms with Crippen LogP contribution in [-0.4, -0.2) is 19.0 Å². The van der Waals surface area contributed by atoms with Gasteiger partial charge in [-0.05, 0) is 48.6 Å². The number of thiophene rings is 1. The number of nitrogens with zero attached hydrogens (tertiary/aromatic N) is 1. The van der Waals surface area contributed by atoms with E-state index >= 15 is 0 Å². The van der Waals surface area contributed by atoms with E-state index in [-0.39, 0.29) is 5.91 Å². The van der Waals surface area contributed by atoms with E-state index in [9.17, 15) is 4.79 Å². The summed E-state index contributed by atoms with van der Waals surface area (Å²) in [5, 5.41) is 4.94. The Kier molecular flexibility index (Phi) is 3.84. The molecule has 1 aromatic carbocycles. The number of nitrogen functional groups attached to an aromatic ring is 1. The van der Waals surface area contributed by atoms with Gasteiger partial charge in [0.2, 0.25) is 0 Å². The van der Waals surface area contributed by atoms with Crippen LogP contribution in [-0.2, 0) is 13.0 Å². The van der Waals surface area contributed by atoms with Crippen molar-refractivity contribution >= 4 is 28.6 Å². The molecule has 3 N–H and O–H groups in total. The van der Waals surface area contributed by atoms with Gasteiger partial charge >= 0.3 is 0 Å². The van der Waals surface area contributed by atoms with Crippen LogP contribution in [0.15, 0.2) is 29.6 Å². The van der Waals surface area contributed by atoms with Gasteiger partial charge in [0.05, 0.1) is 11.4 Å². The zero-order valence-corrected chi connectivity index (χ0v) is 12.9. The molecule has 1 amide bonds. The molecule has 0 unspecified atom stereocenters. The Labute approximate surface area is 128 Å². The van der Waals surface area contributed by atoms with Gasteiger partial charge in [-0.25, -0.2) is 0 Å². The Morgan fingerprint density at radius 1 is 1.43 bits per heavy atom. The Morgan fingerprint density at radius 3 is 3.05 bits per heavy atom. The highest BCUT2D eigenvalue weighted by Gasteiger charge is 2.19. The Balaban J connectivity index is 1.82. The van der Waals surface area contributed by atoms with Crippen LogP contribution in [0.25, 0.3) is 0 Å². The molecule has 1 aliphatic rings. The number of fused-ring (bicyclic) bond motifs is 1. The molecule has 0 saturated heterocycles. The van der Waals surface area contributed by atoms with E-state index in [1.54, 1.807) is 6.07 Å². The summed E-state index contributed by atoms with van der Waals surface area (Å²) in [4.78, 5) is 15.6. The van der Waals surface area contributed by atoms with Crippen molar-refractivity contribution in [3.8, 4) is 0 Å². The molecule has 0 bridgehead atoms. The third-order valence-corrected chi connectivity index (χ3v) is 4.80. The van der Waals surface area contributed by atoms with Crippen LogP contribution >= 0.6 is 11.3 Å². The van der Waals surface area contributed by atoms with Crippen molar-refractivity contribution in [1.82, 2.24) is 5.32 Å². The van der Waals surface area contributed by atoms with Crippen molar-refractivity contribution in [3.63, 3.8) is 0 Å². The fourth-order valence-corrected chi connectivity index (χ4v) is 3.59. The molecule has 2 aromatic rings. The fourth-order valence-electron chi connectivity index (χ4n) is 2.70. The lowest BCUT2D eigenvalue weighted by Crippen LogP contribution is -2.30. The Morgan fingerprint density at radius 2 is 2.29 bits per heavy atom. The van der Waals surface area contributed by atoms with Crippen LogP contribution in [0.3, 0.4) is 0 Å². The third-order valence-electron chi connectivity index (χ3n) is 3.78. The largest absolute Gasteiger partial charge is 0.397 e. The minimum absolute atomic E-state index is 0.0745. The second kappa shape index (κ2) is 5.77. The van der Waals surface area contributed by atoms with Crippen LogP contribution in [0, 0.1) is 0 Å². The SMILES string of the molecule is CCNC(=O)c1ccc(N2CCc3sccc3C2)c(N)c1. The van der Waals surface area contributed by atoms with Crippen LogP contribution in [0.1, 0.15) is 27.7 Å². The summed E-state index contributed by atoms with van der Waals surface area (Å²) in [5.41, 5.74) is 9.84. The van der Waals surface area contributed by atoms with E-state index in [1.807, 2.05) is 30.4 Å². The maximum absolute atomic E-state index is 11.8. The first-order valence-corrected chi connectivity index (χ1v) is 8.05. The van der Waals surface area contributed by atoms with Crippen LogP contribution in [0.5, 0.6) is 0 Å². The monoisotopic (exact) mass is 301 g/mol. The molecular weight excluding hydrogens is 282 g/mol. The van der Waals surface area contributed by atoms with Gasteiger partial charge in [0.1, 0.15) is 0 Å². The van der Waals surface area contributed by atoms with E-state index in [0.717, 1.165) is 25.2 Å². The van der Waals surface area contributed by atoms with E-state index in [0.29, 0.717) is 17.8 Å². The van der Waals surface area contributed by atoms with Crippen LogP contribution in [0.2, 0.25) is 0 Å². The maximum atomic E-state index is 11.8. The Hall–Kier alpha value is -2.01. The van der Waals surface area contributed by atoms with Crippen molar-refractivity contribution in [3.05, 3.63) is 45.6 Å². The van der Waals surface area contributed by atoms with Crippen LogP contribution < -0.4 is 16.0 Å². The zero-order valence-electron chi connectivity index (χ0n) is 12.1. The van der Waals surface area contributed by atoms with Gasteiger partial charge in [0, 0.05) is 30.1 Å². The Bertz CT molecular complexity index is 665.